The smallest absolute Gasteiger partial charge is 0.265 e. The van der Waals surface area contributed by atoms with Gasteiger partial charge in [0.25, 0.3) is 5.91 Å². The standard InChI is InChI=1S/C19H21N3O3S/c1-13(23)22-9-7-14(8-10-22)18(24)20-15-4-2-5-16(12-15)21-19(25)17-6-3-11-26-17/h2-6,11-12,14H,7-10H2,1H3,(H,20,24)(H,21,25). The quantitative estimate of drug-likeness (QED) is 0.866. The number of benzene rings is 1. The van der Waals surface area contributed by atoms with Gasteiger partial charge in [-0.15, -0.1) is 11.3 Å². The summed E-state index contributed by atoms with van der Waals surface area (Å²) in [6.07, 6.45) is 1.33. The molecule has 3 rings (SSSR count). The van der Waals surface area contributed by atoms with Crippen molar-refractivity contribution in [3.8, 4) is 0 Å². The van der Waals surface area contributed by atoms with Crippen molar-refractivity contribution in [1.29, 1.82) is 0 Å². The van der Waals surface area contributed by atoms with E-state index in [1.54, 1.807) is 42.2 Å². The molecule has 0 aliphatic carbocycles. The van der Waals surface area contributed by atoms with E-state index in [-0.39, 0.29) is 23.6 Å². The first-order valence-corrected chi connectivity index (χ1v) is 9.42. The number of nitrogens with zero attached hydrogens (tertiary/aromatic N) is 1. The molecule has 136 valence electrons. The lowest BCUT2D eigenvalue weighted by atomic mass is 9.96. The summed E-state index contributed by atoms with van der Waals surface area (Å²) in [5.74, 6) is -0.261. The Morgan fingerprint density at radius 1 is 1.04 bits per heavy atom. The highest BCUT2D eigenvalue weighted by molar-refractivity contribution is 7.12. The van der Waals surface area contributed by atoms with Gasteiger partial charge in [0.2, 0.25) is 11.8 Å². The van der Waals surface area contributed by atoms with Gasteiger partial charge in [-0.2, -0.15) is 0 Å². The minimum absolute atomic E-state index is 0.0464. The Morgan fingerprint density at radius 2 is 1.73 bits per heavy atom. The second-order valence-electron chi connectivity index (χ2n) is 6.28. The Morgan fingerprint density at radius 3 is 2.35 bits per heavy atom. The van der Waals surface area contributed by atoms with Crippen LogP contribution < -0.4 is 10.6 Å². The molecule has 0 saturated carbocycles. The first kappa shape index (κ1) is 18.1. The maximum absolute atomic E-state index is 12.5. The molecule has 1 aliphatic rings. The highest BCUT2D eigenvalue weighted by atomic mass is 32.1. The summed E-state index contributed by atoms with van der Waals surface area (Å²) in [5.41, 5.74) is 1.28. The fourth-order valence-corrected chi connectivity index (χ4v) is 3.59. The molecule has 26 heavy (non-hydrogen) atoms. The van der Waals surface area contributed by atoms with Gasteiger partial charge in [-0.25, -0.2) is 0 Å². The van der Waals surface area contributed by atoms with Crippen LogP contribution in [0.2, 0.25) is 0 Å². The molecular weight excluding hydrogens is 350 g/mol. The Bertz CT molecular complexity index is 796. The molecule has 6 nitrogen and oxygen atoms in total. The van der Waals surface area contributed by atoms with Gasteiger partial charge in [0.05, 0.1) is 4.88 Å². The molecule has 0 spiro atoms. The number of hydrogen-bond acceptors (Lipinski definition) is 4. The summed E-state index contributed by atoms with van der Waals surface area (Å²) in [4.78, 5) is 38.4. The van der Waals surface area contributed by atoms with Gasteiger partial charge in [-0.1, -0.05) is 12.1 Å². The highest BCUT2D eigenvalue weighted by Crippen LogP contribution is 2.22. The molecule has 1 aliphatic heterocycles. The van der Waals surface area contributed by atoms with Crippen LogP contribution in [0, 0.1) is 5.92 Å². The third-order valence-corrected chi connectivity index (χ3v) is 5.31. The SMILES string of the molecule is CC(=O)N1CCC(C(=O)Nc2cccc(NC(=O)c3cccs3)c2)CC1. The van der Waals surface area contributed by atoms with Crippen LogP contribution in [0.1, 0.15) is 29.4 Å². The zero-order valence-electron chi connectivity index (χ0n) is 14.5. The van der Waals surface area contributed by atoms with E-state index in [0.717, 1.165) is 0 Å². The van der Waals surface area contributed by atoms with Gasteiger partial charge in [0, 0.05) is 37.3 Å². The lowest BCUT2D eigenvalue weighted by Crippen LogP contribution is -2.40. The fraction of sp³-hybridized carbons (Fsp3) is 0.316. The minimum Gasteiger partial charge on any atom is -0.343 e. The van der Waals surface area contributed by atoms with Crippen molar-refractivity contribution in [2.75, 3.05) is 23.7 Å². The maximum atomic E-state index is 12.5. The van der Waals surface area contributed by atoms with Crippen molar-refractivity contribution in [1.82, 2.24) is 4.90 Å². The normalized spacial score (nSPS) is 14.7. The minimum atomic E-state index is -0.167. The van der Waals surface area contributed by atoms with E-state index in [1.807, 2.05) is 11.4 Å². The summed E-state index contributed by atoms with van der Waals surface area (Å²) >= 11 is 1.38. The first-order valence-electron chi connectivity index (χ1n) is 8.54. The number of anilines is 2. The van der Waals surface area contributed by atoms with Crippen LogP contribution >= 0.6 is 11.3 Å². The molecule has 0 bridgehead atoms. The topological polar surface area (TPSA) is 78.5 Å². The molecule has 1 fully saturated rings. The lowest BCUT2D eigenvalue weighted by Gasteiger charge is -2.30. The molecule has 0 unspecified atom stereocenters. The van der Waals surface area contributed by atoms with Crippen molar-refractivity contribution >= 4 is 40.4 Å². The van der Waals surface area contributed by atoms with Gasteiger partial charge in [-0.3, -0.25) is 14.4 Å². The second-order valence-corrected chi connectivity index (χ2v) is 7.23. The van der Waals surface area contributed by atoms with Crippen LogP contribution in [0.4, 0.5) is 11.4 Å². The van der Waals surface area contributed by atoms with Gasteiger partial charge >= 0.3 is 0 Å². The van der Waals surface area contributed by atoms with Crippen LogP contribution in [0.15, 0.2) is 41.8 Å². The third kappa shape index (κ3) is 4.49. The molecule has 0 atom stereocenters. The summed E-state index contributed by atoms with van der Waals surface area (Å²) in [6, 6.07) is 10.7. The predicted octanol–water partition coefficient (Wildman–Crippen LogP) is 3.20. The molecule has 1 saturated heterocycles. The average Bonchev–Trinajstić information content (AvgIpc) is 3.17. The number of piperidine rings is 1. The highest BCUT2D eigenvalue weighted by Gasteiger charge is 2.26. The molecule has 0 radical (unpaired) electrons. The number of amides is 3. The molecule has 2 N–H and O–H groups in total. The van der Waals surface area contributed by atoms with E-state index >= 15 is 0 Å². The van der Waals surface area contributed by atoms with Crippen LogP contribution in [0.3, 0.4) is 0 Å². The molecule has 1 aromatic heterocycles. The summed E-state index contributed by atoms with van der Waals surface area (Å²) in [5, 5.41) is 7.59. The van der Waals surface area contributed by atoms with E-state index in [9.17, 15) is 14.4 Å². The molecular formula is C19H21N3O3S. The number of thiophene rings is 1. The van der Waals surface area contributed by atoms with E-state index in [4.69, 9.17) is 0 Å². The van der Waals surface area contributed by atoms with Crippen molar-refractivity contribution in [3.63, 3.8) is 0 Å². The third-order valence-electron chi connectivity index (χ3n) is 4.44. The van der Waals surface area contributed by atoms with Crippen molar-refractivity contribution in [2.24, 2.45) is 5.92 Å². The number of hydrogen-bond donors (Lipinski definition) is 2. The monoisotopic (exact) mass is 371 g/mol. The van der Waals surface area contributed by atoms with Gasteiger partial charge < -0.3 is 15.5 Å². The summed E-state index contributed by atoms with van der Waals surface area (Å²) in [7, 11) is 0. The van der Waals surface area contributed by atoms with E-state index < -0.39 is 0 Å². The van der Waals surface area contributed by atoms with Crippen molar-refractivity contribution in [3.05, 3.63) is 46.7 Å². The van der Waals surface area contributed by atoms with Gasteiger partial charge in [-0.05, 0) is 42.5 Å². The largest absolute Gasteiger partial charge is 0.343 e. The first-order chi connectivity index (χ1) is 12.5. The number of likely N-dealkylation sites (tertiary alicyclic amines) is 1. The van der Waals surface area contributed by atoms with E-state index in [1.165, 1.54) is 11.3 Å². The average molecular weight is 371 g/mol. The van der Waals surface area contributed by atoms with E-state index in [2.05, 4.69) is 10.6 Å². The maximum Gasteiger partial charge on any atom is 0.265 e. The number of carbonyl (C=O) groups is 3. The Kier molecular flexibility index (Phi) is 5.68. The van der Waals surface area contributed by atoms with Crippen LogP contribution in [0.25, 0.3) is 0 Å². The Hall–Kier alpha value is -2.67. The second kappa shape index (κ2) is 8.14. The number of rotatable bonds is 4. The van der Waals surface area contributed by atoms with Crippen LogP contribution in [-0.2, 0) is 9.59 Å². The fourth-order valence-electron chi connectivity index (χ4n) is 2.98. The van der Waals surface area contributed by atoms with Crippen molar-refractivity contribution < 1.29 is 14.4 Å². The Labute approximate surface area is 156 Å². The van der Waals surface area contributed by atoms with Crippen LogP contribution in [0.5, 0.6) is 0 Å². The zero-order valence-corrected chi connectivity index (χ0v) is 15.3. The van der Waals surface area contributed by atoms with Gasteiger partial charge in [0.15, 0.2) is 0 Å². The predicted molar refractivity (Wildman–Crippen MR) is 102 cm³/mol. The molecule has 7 heteroatoms. The zero-order chi connectivity index (χ0) is 18.5. The van der Waals surface area contributed by atoms with Crippen LogP contribution in [-0.4, -0.2) is 35.7 Å². The molecule has 2 heterocycles. The molecule has 1 aromatic carbocycles. The molecule has 3 amide bonds. The summed E-state index contributed by atoms with van der Waals surface area (Å²) in [6.45, 7) is 2.78. The van der Waals surface area contributed by atoms with Crippen molar-refractivity contribution in [2.45, 2.75) is 19.8 Å². The molecule has 2 aromatic rings. The van der Waals surface area contributed by atoms with Gasteiger partial charge in [0.1, 0.15) is 0 Å². The van der Waals surface area contributed by atoms with E-state index in [0.29, 0.717) is 42.2 Å². The summed E-state index contributed by atoms with van der Waals surface area (Å²) < 4.78 is 0. The lowest BCUT2D eigenvalue weighted by molar-refractivity contribution is -0.132. The number of carbonyl (C=O) groups excluding carboxylic acids is 3. The Balaban J connectivity index is 1.57. The number of nitrogens with one attached hydrogen (secondary N) is 2.